The van der Waals surface area contributed by atoms with Crippen molar-refractivity contribution in [3.05, 3.63) is 59.9 Å². The number of sulfonamides is 1. The minimum atomic E-state index is -3.56. The largest absolute Gasteiger partial charge is 0.346 e. The Bertz CT molecular complexity index is 759. The summed E-state index contributed by atoms with van der Waals surface area (Å²) in [7, 11) is -0.664. The van der Waals surface area contributed by atoms with E-state index in [0.29, 0.717) is 5.56 Å². The van der Waals surface area contributed by atoms with Crippen LogP contribution in [0.1, 0.15) is 16.1 Å². The summed E-state index contributed by atoms with van der Waals surface area (Å²) in [6, 6.07) is 11.4. The third kappa shape index (κ3) is 3.69. The van der Waals surface area contributed by atoms with Crippen molar-refractivity contribution >= 4 is 15.9 Å². The molecule has 22 heavy (non-hydrogen) atoms. The van der Waals surface area contributed by atoms with E-state index in [1.807, 2.05) is 6.07 Å². The van der Waals surface area contributed by atoms with Crippen LogP contribution in [0.2, 0.25) is 0 Å². The summed E-state index contributed by atoms with van der Waals surface area (Å²) in [5.41, 5.74) is 1.02. The molecule has 6 nitrogen and oxygen atoms in total. The lowest BCUT2D eigenvalue weighted by Gasteiger charge is -2.12. The number of aromatic nitrogens is 1. The molecule has 0 unspecified atom stereocenters. The molecule has 1 aromatic heterocycles. The molecule has 1 N–H and O–H groups in total. The number of hydrogen-bond acceptors (Lipinski definition) is 4. The number of hydrogen-bond donors (Lipinski definition) is 1. The van der Waals surface area contributed by atoms with Crippen molar-refractivity contribution in [3.8, 4) is 0 Å². The average Bonchev–Trinajstić information content (AvgIpc) is 2.53. The summed E-state index contributed by atoms with van der Waals surface area (Å²) in [6.07, 6.45) is 1.64. The quantitative estimate of drug-likeness (QED) is 0.900. The minimum absolute atomic E-state index is 0.0861. The van der Waals surface area contributed by atoms with Crippen LogP contribution in [0.15, 0.2) is 53.6 Å². The van der Waals surface area contributed by atoms with E-state index in [0.717, 1.165) is 10.00 Å². The summed E-state index contributed by atoms with van der Waals surface area (Å²) in [5, 5.41) is 2.71. The first kappa shape index (κ1) is 16.1. The summed E-state index contributed by atoms with van der Waals surface area (Å²) < 4.78 is 25.2. The second kappa shape index (κ2) is 6.67. The number of carbonyl (C=O) groups is 1. The van der Waals surface area contributed by atoms with Crippen molar-refractivity contribution in [2.24, 2.45) is 0 Å². The summed E-state index contributed by atoms with van der Waals surface area (Å²) in [6.45, 7) is 0.282. The van der Waals surface area contributed by atoms with E-state index in [2.05, 4.69) is 10.3 Å². The standard InChI is InChI=1S/C15H17N3O3S/c1-18(2)22(20,21)14-8-5-6-12(10-14)15(19)17-11-13-7-3-4-9-16-13/h3-10H,11H2,1-2H3,(H,17,19). The zero-order chi connectivity index (χ0) is 16.2. The number of rotatable bonds is 5. The van der Waals surface area contributed by atoms with Crippen LogP contribution in [0.25, 0.3) is 0 Å². The molecule has 1 aromatic carbocycles. The second-order valence-corrected chi connectivity index (χ2v) is 6.97. The lowest BCUT2D eigenvalue weighted by molar-refractivity contribution is 0.0950. The van der Waals surface area contributed by atoms with Crippen molar-refractivity contribution in [3.63, 3.8) is 0 Å². The van der Waals surface area contributed by atoms with Crippen LogP contribution in [0.3, 0.4) is 0 Å². The molecule has 0 aliphatic rings. The topological polar surface area (TPSA) is 79.4 Å². The van der Waals surface area contributed by atoms with Crippen molar-refractivity contribution in [2.45, 2.75) is 11.4 Å². The Morgan fingerprint density at radius 3 is 2.59 bits per heavy atom. The predicted molar refractivity (Wildman–Crippen MR) is 82.7 cm³/mol. The zero-order valence-corrected chi connectivity index (χ0v) is 13.2. The van der Waals surface area contributed by atoms with Gasteiger partial charge in [-0.15, -0.1) is 0 Å². The van der Waals surface area contributed by atoms with Crippen molar-refractivity contribution in [1.29, 1.82) is 0 Å². The third-order valence-electron chi connectivity index (χ3n) is 3.03. The Hall–Kier alpha value is -2.25. The molecular formula is C15H17N3O3S. The van der Waals surface area contributed by atoms with E-state index in [9.17, 15) is 13.2 Å². The molecule has 0 spiro atoms. The molecule has 0 bridgehead atoms. The molecule has 0 saturated carbocycles. The monoisotopic (exact) mass is 319 g/mol. The van der Waals surface area contributed by atoms with E-state index < -0.39 is 10.0 Å². The van der Waals surface area contributed by atoms with Crippen LogP contribution in [0, 0.1) is 0 Å². The Balaban J connectivity index is 2.14. The van der Waals surface area contributed by atoms with E-state index in [-0.39, 0.29) is 17.3 Å². The molecule has 0 aliphatic carbocycles. The van der Waals surface area contributed by atoms with E-state index in [4.69, 9.17) is 0 Å². The first-order chi connectivity index (χ1) is 10.4. The van der Waals surface area contributed by atoms with Gasteiger partial charge in [-0.1, -0.05) is 12.1 Å². The predicted octanol–water partition coefficient (Wildman–Crippen LogP) is 1.26. The number of benzene rings is 1. The fourth-order valence-corrected chi connectivity index (χ4v) is 2.73. The Morgan fingerprint density at radius 2 is 1.95 bits per heavy atom. The van der Waals surface area contributed by atoms with Gasteiger partial charge < -0.3 is 5.32 Å². The Labute approximate surface area is 129 Å². The summed E-state index contributed by atoms with van der Waals surface area (Å²) in [5.74, 6) is -0.346. The molecular weight excluding hydrogens is 302 g/mol. The third-order valence-corrected chi connectivity index (χ3v) is 4.84. The molecule has 0 fully saturated rings. The van der Waals surface area contributed by atoms with Gasteiger partial charge in [0.1, 0.15) is 0 Å². The lowest BCUT2D eigenvalue weighted by atomic mass is 10.2. The van der Waals surface area contributed by atoms with E-state index in [1.165, 1.54) is 26.2 Å². The number of carbonyl (C=O) groups excluding carboxylic acids is 1. The second-order valence-electron chi connectivity index (χ2n) is 4.82. The maximum absolute atomic E-state index is 12.1. The van der Waals surface area contributed by atoms with Gasteiger partial charge in [-0.3, -0.25) is 9.78 Å². The highest BCUT2D eigenvalue weighted by Crippen LogP contribution is 2.14. The van der Waals surface area contributed by atoms with Gasteiger partial charge in [0.25, 0.3) is 5.91 Å². The van der Waals surface area contributed by atoms with Gasteiger partial charge in [0, 0.05) is 25.9 Å². The molecule has 1 amide bonds. The maximum Gasteiger partial charge on any atom is 0.251 e. The van der Waals surface area contributed by atoms with Gasteiger partial charge >= 0.3 is 0 Å². The van der Waals surface area contributed by atoms with Gasteiger partial charge in [0.15, 0.2) is 0 Å². The molecule has 1 heterocycles. The van der Waals surface area contributed by atoms with Gasteiger partial charge in [-0.25, -0.2) is 12.7 Å². The number of pyridine rings is 1. The van der Waals surface area contributed by atoms with Gasteiger partial charge in [0.05, 0.1) is 17.1 Å². The maximum atomic E-state index is 12.1. The van der Waals surface area contributed by atoms with Gasteiger partial charge in [0.2, 0.25) is 10.0 Å². The molecule has 7 heteroatoms. The molecule has 0 radical (unpaired) electrons. The smallest absolute Gasteiger partial charge is 0.251 e. The SMILES string of the molecule is CN(C)S(=O)(=O)c1cccc(C(=O)NCc2ccccn2)c1. The van der Waals surface area contributed by atoms with Gasteiger partial charge in [-0.2, -0.15) is 0 Å². The van der Waals surface area contributed by atoms with Crippen LogP contribution in [0.4, 0.5) is 0 Å². The van der Waals surface area contributed by atoms with Crippen LogP contribution in [-0.2, 0) is 16.6 Å². The average molecular weight is 319 g/mol. The Morgan fingerprint density at radius 1 is 1.18 bits per heavy atom. The van der Waals surface area contributed by atoms with Crippen molar-refractivity contribution < 1.29 is 13.2 Å². The minimum Gasteiger partial charge on any atom is -0.346 e. The highest BCUT2D eigenvalue weighted by Gasteiger charge is 2.18. The number of nitrogens with zero attached hydrogens (tertiary/aromatic N) is 2. The molecule has 0 atom stereocenters. The van der Waals surface area contributed by atoms with Crippen LogP contribution in [-0.4, -0.2) is 37.7 Å². The van der Waals surface area contributed by atoms with E-state index >= 15 is 0 Å². The highest BCUT2D eigenvalue weighted by atomic mass is 32.2. The molecule has 0 saturated heterocycles. The fraction of sp³-hybridized carbons (Fsp3) is 0.200. The molecule has 116 valence electrons. The summed E-state index contributed by atoms with van der Waals surface area (Å²) >= 11 is 0. The lowest BCUT2D eigenvalue weighted by Crippen LogP contribution is -2.25. The zero-order valence-electron chi connectivity index (χ0n) is 12.4. The molecule has 0 aliphatic heterocycles. The van der Waals surface area contributed by atoms with Crippen molar-refractivity contribution in [1.82, 2.24) is 14.6 Å². The molecule has 2 aromatic rings. The fourth-order valence-electron chi connectivity index (χ4n) is 1.78. The van der Waals surface area contributed by atoms with Crippen LogP contribution < -0.4 is 5.32 Å². The van der Waals surface area contributed by atoms with E-state index in [1.54, 1.807) is 30.5 Å². The van der Waals surface area contributed by atoms with Crippen LogP contribution >= 0.6 is 0 Å². The first-order valence-corrected chi connectivity index (χ1v) is 8.06. The number of nitrogens with one attached hydrogen (secondary N) is 1. The molecule has 2 rings (SSSR count). The normalized spacial score (nSPS) is 11.4. The first-order valence-electron chi connectivity index (χ1n) is 6.62. The van der Waals surface area contributed by atoms with Crippen LogP contribution in [0.5, 0.6) is 0 Å². The summed E-state index contributed by atoms with van der Waals surface area (Å²) in [4.78, 5) is 16.3. The number of amides is 1. The van der Waals surface area contributed by atoms with Gasteiger partial charge in [-0.05, 0) is 30.3 Å². The highest BCUT2D eigenvalue weighted by molar-refractivity contribution is 7.89. The van der Waals surface area contributed by atoms with Crippen molar-refractivity contribution in [2.75, 3.05) is 14.1 Å². The Kier molecular flexibility index (Phi) is 4.89.